The first-order chi connectivity index (χ1) is 12.7. The lowest BCUT2D eigenvalue weighted by Gasteiger charge is -2.24. The van der Waals surface area contributed by atoms with Crippen LogP contribution in [0.3, 0.4) is 0 Å². The van der Waals surface area contributed by atoms with E-state index >= 15 is 0 Å². The molecule has 0 aromatic carbocycles. The van der Waals surface area contributed by atoms with Crippen molar-refractivity contribution in [1.82, 2.24) is 14.5 Å². The minimum atomic E-state index is 0.0896. The van der Waals surface area contributed by atoms with Crippen LogP contribution in [0.25, 0.3) is 6.20 Å². The molecule has 0 saturated heterocycles. The number of nitrogens with zero attached hydrogens (tertiary/aromatic N) is 6. The van der Waals surface area contributed by atoms with E-state index in [2.05, 4.69) is 50.4 Å². The fourth-order valence-corrected chi connectivity index (χ4v) is 3.20. The maximum atomic E-state index is 9.22. The van der Waals surface area contributed by atoms with Crippen LogP contribution < -0.4 is 4.90 Å². The van der Waals surface area contributed by atoms with Gasteiger partial charge in [-0.15, -0.1) is 0 Å². The molecule has 2 aliphatic rings. The zero-order valence-electron chi connectivity index (χ0n) is 14.5. The summed E-state index contributed by atoms with van der Waals surface area (Å²) in [6.07, 6.45) is 11.0. The third-order valence-corrected chi connectivity index (χ3v) is 4.57. The van der Waals surface area contributed by atoms with E-state index in [9.17, 15) is 5.26 Å². The number of hydrogen-bond donors (Lipinski definition) is 0. The van der Waals surface area contributed by atoms with E-state index < -0.39 is 0 Å². The third-order valence-electron chi connectivity index (χ3n) is 4.57. The first-order valence-electron chi connectivity index (χ1n) is 8.64. The van der Waals surface area contributed by atoms with Gasteiger partial charge in [-0.3, -0.25) is 4.99 Å². The zero-order valence-corrected chi connectivity index (χ0v) is 14.5. The predicted octanol–water partition coefficient (Wildman–Crippen LogP) is 2.82. The molecule has 2 atom stereocenters. The van der Waals surface area contributed by atoms with E-state index in [0.29, 0.717) is 24.0 Å². The van der Waals surface area contributed by atoms with Gasteiger partial charge in [0.05, 0.1) is 12.2 Å². The number of anilines is 1. The molecule has 2 aliphatic heterocycles. The summed E-state index contributed by atoms with van der Waals surface area (Å²) in [7, 11) is 0. The smallest absolute Gasteiger partial charge is 0.183 e. The van der Waals surface area contributed by atoms with Crippen molar-refractivity contribution in [3.8, 4) is 17.9 Å². The lowest BCUT2D eigenvalue weighted by molar-refractivity contribution is 0.509. The molecule has 26 heavy (non-hydrogen) atoms. The maximum Gasteiger partial charge on any atom is 0.183 e. The van der Waals surface area contributed by atoms with Crippen LogP contribution in [0, 0.1) is 29.1 Å². The van der Waals surface area contributed by atoms with Crippen LogP contribution in [0.4, 0.5) is 5.82 Å². The van der Waals surface area contributed by atoms with Crippen molar-refractivity contribution >= 4 is 18.2 Å². The number of aromatic nitrogens is 3. The Kier molecular flexibility index (Phi) is 4.25. The highest BCUT2D eigenvalue weighted by Gasteiger charge is 2.18. The van der Waals surface area contributed by atoms with Crippen LogP contribution in [0.15, 0.2) is 35.7 Å². The molecule has 0 radical (unpaired) electrons. The second kappa shape index (κ2) is 6.85. The fourth-order valence-electron chi connectivity index (χ4n) is 3.20. The van der Waals surface area contributed by atoms with Gasteiger partial charge in [-0.1, -0.05) is 12.8 Å². The highest BCUT2D eigenvalue weighted by atomic mass is 15.2. The van der Waals surface area contributed by atoms with E-state index in [1.165, 1.54) is 6.20 Å². The molecule has 4 rings (SSSR count). The van der Waals surface area contributed by atoms with Gasteiger partial charge in [0.15, 0.2) is 11.5 Å². The minimum Gasteiger partial charge on any atom is -0.323 e. The van der Waals surface area contributed by atoms with Crippen molar-refractivity contribution < 1.29 is 0 Å². The molecular weight excluding hydrogens is 324 g/mol. The van der Waals surface area contributed by atoms with Crippen LogP contribution in [0.5, 0.6) is 0 Å². The summed E-state index contributed by atoms with van der Waals surface area (Å²) in [6.45, 7) is 2.85. The third kappa shape index (κ3) is 3.10. The molecular formula is C20H18N6. The number of fused-ring (bicyclic) bond motifs is 1. The Hall–Kier alpha value is -3.38. The van der Waals surface area contributed by atoms with Crippen molar-refractivity contribution in [3.63, 3.8) is 0 Å². The van der Waals surface area contributed by atoms with Crippen molar-refractivity contribution in [2.75, 3.05) is 4.90 Å². The Labute approximate surface area is 152 Å². The van der Waals surface area contributed by atoms with Gasteiger partial charge in [0.2, 0.25) is 0 Å². The van der Waals surface area contributed by atoms with Crippen LogP contribution in [-0.4, -0.2) is 26.8 Å². The predicted molar refractivity (Wildman–Crippen MR) is 100 cm³/mol. The largest absolute Gasteiger partial charge is 0.323 e. The molecule has 0 spiro atoms. The van der Waals surface area contributed by atoms with Gasteiger partial charge in [-0.05, 0) is 36.8 Å². The Balaban J connectivity index is 1.57. The Bertz CT molecular complexity index is 982. The second-order valence-corrected chi connectivity index (χ2v) is 6.54. The lowest BCUT2D eigenvalue weighted by atomic mass is 9.97. The average molecular weight is 342 g/mol. The Morgan fingerprint density at radius 1 is 1.19 bits per heavy atom. The van der Waals surface area contributed by atoms with Gasteiger partial charge in [-0.25, -0.2) is 9.97 Å². The Morgan fingerprint density at radius 3 is 2.92 bits per heavy atom. The highest BCUT2D eigenvalue weighted by Crippen LogP contribution is 2.23. The molecule has 0 N–H and O–H groups in total. The number of aliphatic imine (C=N–C) groups is 1. The van der Waals surface area contributed by atoms with Gasteiger partial charge < -0.3 is 9.47 Å². The number of hydrogen-bond acceptors (Lipinski definition) is 5. The first-order valence-corrected chi connectivity index (χ1v) is 8.64. The monoisotopic (exact) mass is 342 g/mol. The van der Waals surface area contributed by atoms with Gasteiger partial charge in [0, 0.05) is 36.7 Å². The number of rotatable bonds is 1. The minimum absolute atomic E-state index is 0.0896. The van der Waals surface area contributed by atoms with Crippen molar-refractivity contribution in [1.29, 1.82) is 5.26 Å². The summed E-state index contributed by atoms with van der Waals surface area (Å²) < 4.78 is 2.07. The molecule has 0 saturated carbocycles. The molecule has 6 heteroatoms. The molecule has 0 aliphatic carbocycles. The van der Waals surface area contributed by atoms with E-state index in [0.717, 1.165) is 24.2 Å². The summed E-state index contributed by atoms with van der Waals surface area (Å²) in [5, 5.41) is 9.22. The fraction of sp³-hybridized carbons (Fsp3) is 0.300. The average Bonchev–Trinajstić information content (AvgIpc) is 3.08. The van der Waals surface area contributed by atoms with E-state index in [1.807, 2.05) is 29.6 Å². The zero-order chi connectivity index (χ0) is 17.9. The second-order valence-electron chi connectivity index (χ2n) is 6.54. The summed E-state index contributed by atoms with van der Waals surface area (Å²) >= 11 is 0. The Morgan fingerprint density at radius 2 is 2.08 bits per heavy atom. The molecule has 128 valence electrons. The molecule has 0 bridgehead atoms. The van der Waals surface area contributed by atoms with Crippen LogP contribution in [0.1, 0.15) is 36.8 Å². The highest BCUT2D eigenvalue weighted by molar-refractivity contribution is 5.60. The number of nitriles is 1. The molecule has 6 nitrogen and oxygen atoms in total. The van der Waals surface area contributed by atoms with Crippen molar-refractivity contribution in [2.24, 2.45) is 10.9 Å². The standard InChI is InChI=1S/C20H18N6/c1-15-6-7-22-16(12-15)2-3-17-4-5-18-14-25(10-11-26(17)18)20-19(13-21)23-8-9-24-20/h4-5,7-11,15-16H,6,12,14H2,1H3. The molecule has 4 heterocycles. The molecule has 0 amide bonds. The first kappa shape index (κ1) is 16.1. The van der Waals surface area contributed by atoms with Crippen LogP contribution >= 0.6 is 0 Å². The van der Waals surface area contributed by atoms with Gasteiger partial charge in [0.25, 0.3) is 0 Å². The SMILES string of the molecule is CC1CC=NC(C#Cc2ccc3n2C=CN(c2nccnc2C#N)C3)C1. The van der Waals surface area contributed by atoms with E-state index in [-0.39, 0.29) is 6.04 Å². The van der Waals surface area contributed by atoms with Gasteiger partial charge in [0.1, 0.15) is 12.1 Å². The molecule has 2 aromatic heterocycles. The van der Waals surface area contributed by atoms with Gasteiger partial charge in [-0.2, -0.15) is 5.26 Å². The normalized spacial score (nSPS) is 20.8. The van der Waals surface area contributed by atoms with Crippen LogP contribution in [-0.2, 0) is 6.54 Å². The molecule has 2 aromatic rings. The summed E-state index contributed by atoms with van der Waals surface area (Å²) in [4.78, 5) is 14.8. The quantitative estimate of drug-likeness (QED) is 0.747. The van der Waals surface area contributed by atoms with E-state index in [4.69, 9.17) is 0 Å². The lowest BCUT2D eigenvalue weighted by Crippen LogP contribution is -2.23. The maximum absolute atomic E-state index is 9.22. The summed E-state index contributed by atoms with van der Waals surface area (Å²) in [6, 6.07) is 6.25. The van der Waals surface area contributed by atoms with E-state index in [1.54, 1.807) is 6.20 Å². The summed E-state index contributed by atoms with van der Waals surface area (Å²) in [5.41, 5.74) is 2.36. The molecule has 0 fully saturated rings. The summed E-state index contributed by atoms with van der Waals surface area (Å²) in [5.74, 6) is 7.76. The topological polar surface area (TPSA) is 70.1 Å². The van der Waals surface area contributed by atoms with Crippen molar-refractivity contribution in [2.45, 2.75) is 32.4 Å². The van der Waals surface area contributed by atoms with Crippen LogP contribution in [0.2, 0.25) is 0 Å². The van der Waals surface area contributed by atoms with Gasteiger partial charge >= 0.3 is 0 Å². The molecule has 2 unspecified atom stereocenters. The van der Waals surface area contributed by atoms with Crippen molar-refractivity contribution in [3.05, 3.63) is 47.8 Å².